The Hall–Kier alpha value is -1.80. The van der Waals surface area contributed by atoms with Crippen molar-refractivity contribution in [1.29, 1.82) is 0 Å². The molecular formula is C23H28IN3O2. The van der Waals surface area contributed by atoms with Gasteiger partial charge in [0.05, 0.1) is 24.9 Å². The van der Waals surface area contributed by atoms with Gasteiger partial charge in [0.25, 0.3) is 0 Å². The standard InChI is InChI=1S/C23H27N3O2.HI/c1-24-23(26-20-13-19-7-9-22(20)28-19)25-14-15-2-4-16(5-3-15)17-6-8-21-18(12-17)10-11-27-21;/h2-6,8,12,19-20,22H,7,9-11,13-14H2,1H3,(H2,24,25,26);1H. The summed E-state index contributed by atoms with van der Waals surface area (Å²) in [6, 6.07) is 15.6. The van der Waals surface area contributed by atoms with Gasteiger partial charge in [0.15, 0.2) is 5.96 Å². The van der Waals surface area contributed by atoms with Crippen molar-refractivity contribution in [2.24, 2.45) is 4.99 Å². The van der Waals surface area contributed by atoms with E-state index in [2.05, 4.69) is 58.1 Å². The number of rotatable bonds is 4. The van der Waals surface area contributed by atoms with Gasteiger partial charge in [-0.05, 0) is 53.6 Å². The van der Waals surface area contributed by atoms with Crippen LogP contribution in [-0.4, -0.2) is 37.9 Å². The number of nitrogens with one attached hydrogen (secondary N) is 2. The molecule has 2 aromatic carbocycles. The second-order valence-electron chi connectivity index (χ2n) is 7.90. The molecule has 3 heterocycles. The van der Waals surface area contributed by atoms with Gasteiger partial charge in [0.1, 0.15) is 5.75 Å². The largest absolute Gasteiger partial charge is 0.493 e. The van der Waals surface area contributed by atoms with Gasteiger partial charge in [-0.1, -0.05) is 30.3 Å². The third kappa shape index (κ3) is 4.38. The number of benzene rings is 2. The van der Waals surface area contributed by atoms with Crippen molar-refractivity contribution in [2.75, 3.05) is 13.7 Å². The fourth-order valence-corrected chi connectivity index (χ4v) is 4.53. The highest BCUT2D eigenvalue weighted by Gasteiger charge is 2.41. The zero-order chi connectivity index (χ0) is 18.9. The van der Waals surface area contributed by atoms with Gasteiger partial charge in [-0.15, -0.1) is 24.0 Å². The first-order valence-corrected chi connectivity index (χ1v) is 10.3. The van der Waals surface area contributed by atoms with Gasteiger partial charge in [-0.3, -0.25) is 4.99 Å². The normalized spacial score (nSPS) is 24.6. The molecule has 0 saturated carbocycles. The summed E-state index contributed by atoms with van der Waals surface area (Å²) >= 11 is 0. The van der Waals surface area contributed by atoms with Crippen LogP contribution < -0.4 is 15.4 Å². The predicted octanol–water partition coefficient (Wildman–Crippen LogP) is 3.89. The monoisotopic (exact) mass is 505 g/mol. The number of hydrogen-bond donors (Lipinski definition) is 2. The van der Waals surface area contributed by atoms with E-state index >= 15 is 0 Å². The first-order valence-electron chi connectivity index (χ1n) is 10.3. The lowest BCUT2D eigenvalue weighted by Crippen LogP contribution is -2.47. The number of guanidine groups is 1. The highest BCUT2D eigenvalue weighted by Crippen LogP contribution is 2.34. The van der Waals surface area contributed by atoms with Crippen molar-refractivity contribution < 1.29 is 9.47 Å². The molecule has 0 spiro atoms. The Morgan fingerprint density at radius 2 is 1.93 bits per heavy atom. The molecule has 3 atom stereocenters. The van der Waals surface area contributed by atoms with Crippen LogP contribution in [0.5, 0.6) is 5.75 Å². The molecule has 5 rings (SSSR count). The van der Waals surface area contributed by atoms with Crippen LogP contribution in [0.1, 0.15) is 30.4 Å². The van der Waals surface area contributed by atoms with Crippen molar-refractivity contribution in [3.63, 3.8) is 0 Å². The zero-order valence-corrected chi connectivity index (χ0v) is 19.0. The topological polar surface area (TPSA) is 54.9 Å². The van der Waals surface area contributed by atoms with E-state index < -0.39 is 0 Å². The van der Waals surface area contributed by atoms with Gasteiger partial charge < -0.3 is 20.1 Å². The maximum absolute atomic E-state index is 5.92. The number of halogens is 1. The van der Waals surface area contributed by atoms with Crippen LogP contribution in [0.15, 0.2) is 47.5 Å². The molecule has 5 nitrogen and oxygen atoms in total. The van der Waals surface area contributed by atoms with Crippen LogP contribution in [0, 0.1) is 0 Å². The molecule has 2 aromatic rings. The molecular weight excluding hydrogens is 477 g/mol. The Labute approximate surface area is 189 Å². The Balaban J connectivity index is 0.00000205. The first kappa shape index (κ1) is 20.5. The fourth-order valence-electron chi connectivity index (χ4n) is 4.53. The van der Waals surface area contributed by atoms with Crippen LogP contribution >= 0.6 is 24.0 Å². The molecule has 0 aromatic heterocycles. The van der Waals surface area contributed by atoms with E-state index in [0.717, 1.165) is 44.1 Å². The number of nitrogens with zero attached hydrogens (tertiary/aromatic N) is 1. The lowest BCUT2D eigenvalue weighted by atomic mass is 9.96. The van der Waals surface area contributed by atoms with E-state index in [-0.39, 0.29) is 24.0 Å². The maximum atomic E-state index is 5.92. The minimum absolute atomic E-state index is 0. The minimum atomic E-state index is 0. The second-order valence-corrected chi connectivity index (χ2v) is 7.90. The van der Waals surface area contributed by atoms with E-state index in [9.17, 15) is 0 Å². The Bertz CT molecular complexity index is 884. The van der Waals surface area contributed by atoms with Crippen LogP contribution in [0.25, 0.3) is 11.1 Å². The summed E-state index contributed by atoms with van der Waals surface area (Å²) in [7, 11) is 1.82. The first-order chi connectivity index (χ1) is 13.8. The van der Waals surface area contributed by atoms with E-state index in [1.807, 2.05) is 7.05 Å². The van der Waals surface area contributed by atoms with Gasteiger partial charge in [0, 0.05) is 20.0 Å². The molecule has 2 fully saturated rings. The molecule has 0 amide bonds. The lowest BCUT2D eigenvalue weighted by molar-refractivity contribution is 0.0992. The number of ether oxygens (including phenoxy) is 2. The summed E-state index contributed by atoms with van der Waals surface area (Å²) < 4.78 is 11.5. The molecule has 2 N–H and O–H groups in total. The molecule has 29 heavy (non-hydrogen) atoms. The summed E-state index contributed by atoms with van der Waals surface area (Å²) in [6.45, 7) is 1.55. The average Bonchev–Trinajstić information content (AvgIpc) is 3.47. The number of fused-ring (bicyclic) bond motifs is 3. The average molecular weight is 505 g/mol. The molecule has 0 radical (unpaired) electrons. The van der Waals surface area contributed by atoms with Crippen molar-refractivity contribution in [3.8, 4) is 16.9 Å². The van der Waals surface area contributed by atoms with Crippen molar-refractivity contribution in [2.45, 2.75) is 50.5 Å². The Kier molecular flexibility index (Phi) is 6.29. The quantitative estimate of drug-likeness (QED) is 0.376. The van der Waals surface area contributed by atoms with Crippen molar-refractivity contribution in [1.82, 2.24) is 10.6 Å². The van der Waals surface area contributed by atoms with Gasteiger partial charge >= 0.3 is 0 Å². The van der Waals surface area contributed by atoms with Crippen LogP contribution in [-0.2, 0) is 17.7 Å². The van der Waals surface area contributed by atoms with E-state index in [4.69, 9.17) is 9.47 Å². The van der Waals surface area contributed by atoms with Gasteiger partial charge in [-0.2, -0.15) is 0 Å². The molecule has 3 aliphatic rings. The lowest BCUT2D eigenvalue weighted by Gasteiger charge is -2.22. The van der Waals surface area contributed by atoms with Crippen molar-refractivity contribution in [3.05, 3.63) is 53.6 Å². The third-order valence-corrected chi connectivity index (χ3v) is 6.09. The van der Waals surface area contributed by atoms with Gasteiger partial charge in [-0.25, -0.2) is 0 Å². The maximum Gasteiger partial charge on any atom is 0.191 e. The summed E-state index contributed by atoms with van der Waals surface area (Å²) in [6.07, 6.45) is 5.25. The van der Waals surface area contributed by atoms with E-state index in [1.165, 1.54) is 28.7 Å². The second kappa shape index (κ2) is 8.92. The molecule has 3 unspecified atom stereocenters. The summed E-state index contributed by atoms with van der Waals surface area (Å²) in [5, 5.41) is 6.96. The molecule has 2 saturated heterocycles. The number of aliphatic imine (C=N–C) groups is 1. The highest BCUT2D eigenvalue weighted by molar-refractivity contribution is 14.0. The van der Waals surface area contributed by atoms with Crippen LogP contribution in [0.3, 0.4) is 0 Å². The Morgan fingerprint density at radius 1 is 1.10 bits per heavy atom. The molecule has 3 aliphatic heterocycles. The minimum Gasteiger partial charge on any atom is -0.493 e. The van der Waals surface area contributed by atoms with E-state index in [1.54, 1.807) is 0 Å². The van der Waals surface area contributed by atoms with Crippen LogP contribution in [0.4, 0.5) is 0 Å². The summed E-state index contributed by atoms with van der Waals surface area (Å²) in [5.41, 5.74) is 5.03. The molecule has 6 heteroatoms. The summed E-state index contributed by atoms with van der Waals surface area (Å²) in [5.74, 6) is 1.88. The number of hydrogen-bond acceptors (Lipinski definition) is 3. The van der Waals surface area contributed by atoms with E-state index in [0.29, 0.717) is 18.2 Å². The Morgan fingerprint density at radius 3 is 2.66 bits per heavy atom. The predicted molar refractivity (Wildman–Crippen MR) is 126 cm³/mol. The fraction of sp³-hybridized carbons (Fsp3) is 0.435. The summed E-state index contributed by atoms with van der Waals surface area (Å²) in [4.78, 5) is 4.38. The van der Waals surface area contributed by atoms with Crippen LogP contribution in [0.2, 0.25) is 0 Å². The SMILES string of the molecule is CN=C(NCc1ccc(-c2ccc3c(c2)CCO3)cc1)NC1CC2CCC1O2.I. The third-order valence-electron chi connectivity index (χ3n) is 6.09. The highest BCUT2D eigenvalue weighted by atomic mass is 127. The molecule has 154 valence electrons. The van der Waals surface area contributed by atoms with Gasteiger partial charge in [0.2, 0.25) is 0 Å². The zero-order valence-electron chi connectivity index (χ0n) is 16.7. The van der Waals surface area contributed by atoms with Crippen molar-refractivity contribution >= 4 is 29.9 Å². The molecule has 0 aliphatic carbocycles. The molecule has 2 bridgehead atoms. The smallest absolute Gasteiger partial charge is 0.191 e.